The summed E-state index contributed by atoms with van der Waals surface area (Å²) in [6.07, 6.45) is 0. The zero-order chi connectivity index (χ0) is 13.2. The molecule has 0 spiro atoms. The van der Waals surface area contributed by atoms with Gasteiger partial charge in [-0.3, -0.25) is 0 Å². The molecule has 0 aromatic heterocycles. The predicted octanol–water partition coefficient (Wildman–Crippen LogP) is 5.20. The quantitative estimate of drug-likeness (QED) is 0.656. The summed E-state index contributed by atoms with van der Waals surface area (Å²) in [7, 11) is 0. The minimum atomic E-state index is 1.13. The van der Waals surface area contributed by atoms with E-state index in [0.29, 0.717) is 0 Å². The number of anilines is 2. The van der Waals surface area contributed by atoms with Crippen LogP contribution in [0.4, 0.5) is 11.4 Å². The monoisotopic (exact) mass is 247 g/mol. The minimum absolute atomic E-state index is 1.13. The fourth-order valence-corrected chi connectivity index (χ4v) is 2.31. The van der Waals surface area contributed by atoms with Gasteiger partial charge in [0.2, 0.25) is 0 Å². The Morgan fingerprint density at radius 1 is 0.737 bits per heavy atom. The minimum Gasteiger partial charge on any atom is -0.355 e. The number of rotatable bonds is 2. The molecule has 0 aliphatic rings. The fourth-order valence-electron chi connectivity index (χ4n) is 2.31. The largest absolute Gasteiger partial charge is 0.355 e. The molecule has 3 aromatic rings. The number of nitrogens with one attached hydrogen (secondary N) is 1. The molecule has 1 N–H and O–H groups in total. The highest BCUT2D eigenvalue weighted by Gasteiger charge is 2.01. The molecule has 1 nitrogen and oxygen atoms in total. The van der Waals surface area contributed by atoms with Crippen molar-refractivity contribution in [2.24, 2.45) is 0 Å². The Balaban J connectivity index is 1.99. The van der Waals surface area contributed by atoms with Crippen molar-refractivity contribution in [2.75, 3.05) is 5.32 Å². The highest BCUT2D eigenvalue weighted by molar-refractivity contribution is 5.86. The van der Waals surface area contributed by atoms with Crippen molar-refractivity contribution in [1.82, 2.24) is 0 Å². The third-order valence-electron chi connectivity index (χ3n) is 3.63. The number of hydrogen-bond donors (Lipinski definition) is 1. The van der Waals surface area contributed by atoms with E-state index >= 15 is 0 Å². The Kier molecular flexibility index (Phi) is 2.96. The molecular weight excluding hydrogens is 230 g/mol. The molecule has 0 amide bonds. The third-order valence-corrected chi connectivity index (χ3v) is 3.63. The summed E-state index contributed by atoms with van der Waals surface area (Å²) in [5.41, 5.74) is 4.92. The molecule has 0 fully saturated rings. The summed E-state index contributed by atoms with van der Waals surface area (Å²) in [5, 5.41) is 6.04. The van der Waals surface area contributed by atoms with Crippen molar-refractivity contribution in [2.45, 2.75) is 13.8 Å². The molecule has 0 saturated carbocycles. The normalized spacial score (nSPS) is 10.6. The van der Waals surface area contributed by atoms with Crippen molar-refractivity contribution in [3.8, 4) is 0 Å². The standard InChI is InChI=1S/C18H17N/c1-13-6-5-9-18(14(13)2)19-17-11-10-15-7-3-4-8-16(15)12-17/h3-12,19H,1-2H3. The van der Waals surface area contributed by atoms with E-state index in [9.17, 15) is 0 Å². The summed E-state index contributed by atoms with van der Waals surface area (Å²) >= 11 is 0. The van der Waals surface area contributed by atoms with Crippen LogP contribution in [0.5, 0.6) is 0 Å². The second kappa shape index (κ2) is 4.77. The Hall–Kier alpha value is -2.28. The van der Waals surface area contributed by atoms with Gasteiger partial charge in [0.15, 0.2) is 0 Å². The van der Waals surface area contributed by atoms with Crippen LogP contribution in [-0.2, 0) is 0 Å². The van der Waals surface area contributed by atoms with E-state index in [2.05, 4.69) is 79.8 Å². The first-order chi connectivity index (χ1) is 9.24. The summed E-state index contributed by atoms with van der Waals surface area (Å²) in [4.78, 5) is 0. The lowest BCUT2D eigenvalue weighted by molar-refractivity contribution is 1.33. The van der Waals surface area contributed by atoms with E-state index in [4.69, 9.17) is 0 Å². The maximum Gasteiger partial charge on any atom is 0.0416 e. The van der Waals surface area contributed by atoms with E-state index in [1.807, 2.05) is 0 Å². The number of fused-ring (bicyclic) bond motifs is 1. The maximum atomic E-state index is 3.51. The van der Waals surface area contributed by atoms with Gasteiger partial charge in [0.05, 0.1) is 0 Å². The molecule has 0 bridgehead atoms. The topological polar surface area (TPSA) is 12.0 Å². The lowest BCUT2D eigenvalue weighted by atomic mass is 10.1. The van der Waals surface area contributed by atoms with E-state index < -0.39 is 0 Å². The van der Waals surface area contributed by atoms with Crippen molar-refractivity contribution < 1.29 is 0 Å². The lowest BCUT2D eigenvalue weighted by Crippen LogP contribution is -1.94. The zero-order valence-electron chi connectivity index (χ0n) is 11.3. The smallest absolute Gasteiger partial charge is 0.0416 e. The van der Waals surface area contributed by atoms with Crippen LogP contribution >= 0.6 is 0 Å². The molecule has 3 aromatic carbocycles. The Morgan fingerprint density at radius 2 is 1.53 bits per heavy atom. The highest BCUT2D eigenvalue weighted by atomic mass is 14.9. The van der Waals surface area contributed by atoms with Crippen LogP contribution in [0.15, 0.2) is 60.7 Å². The van der Waals surface area contributed by atoms with E-state index in [1.165, 1.54) is 27.6 Å². The molecule has 0 radical (unpaired) electrons. The Bertz CT molecular complexity index is 729. The third kappa shape index (κ3) is 2.32. The van der Waals surface area contributed by atoms with Gasteiger partial charge in [0.1, 0.15) is 0 Å². The molecule has 1 heteroatoms. The van der Waals surface area contributed by atoms with Crippen molar-refractivity contribution >= 4 is 22.1 Å². The Morgan fingerprint density at radius 3 is 2.37 bits per heavy atom. The van der Waals surface area contributed by atoms with E-state index in [0.717, 1.165) is 5.69 Å². The van der Waals surface area contributed by atoms with Gasteiger partial charge in [-0.1, -0.05) is 42.5 Å². The van der Waals surface area contributed by atoms with Gasteiger partial charge in [-0.05, 0) is 53.9 Å². The molecule has 0 aliphatic heterocycles. The van der Waals surface area contributed by atoms with Crippen LogP contribution in [0.2, 0.25) is 0 Å². The average Bonchev–Trinajstić information content (AvgIpc) is 2.44. The van der Waals surface area contributed by atoms with Gasteiger partial charge in [-0.25, -0.2) is 0 Å². The summed E-state index contributed by atoms with van der Waals surface area (Å²) in [5.74, 6) is 0. The van der Waals surface area contributed by atoms with E-state index in [-0.39, 0.29) is 0 Å². The molecule has 94 valence electrons. The molecule has 0 aliphatic carbocycles. The molecule has 0 heterocycles. The number of aryl methyl sites for hydroxylation is 1. The fraction of sp³-hybridized carbons (Fsp3) is 0.111. The van der Waals surface area contributed by atoms with Crippen LogP contribution in [-0.4, -0.2) is 0 Å². The Labute approximate surface area is 113 Å². The van der Waals surface area contributed by atoms with Crippen LogP contribution in [0.25, 0.3) is 10.8 Å². The first kappa shape index (κ1) is 11.8. The first-order valence-corrected chi connectivity index (χ1v) is 6.56. The van der Waals surface area contributed by atoms with Gasteiger partial charge in [-0.15, -0.1) is 0 Å². The molecule has 0 saturated heterocycles. The highest BCUT2D eigenvalue weighted by Crippen LogP contribution is 2.25. The zero-order valence-corrected chi connectivity index (χ0v) is 11.3. The molecular formula is C18H17N. The van der Waals surface area contributed by atoms with Crippen LogP contribution in [0, 0.1) is 13.8 Å². The van der Waals surface area contributed by atoms with Gasteiger partial charge in [0.25, 0.3) is 0 Å². The van der Waals surface area contributed by atoms with Gasteiger partial charge in [0, 0.05) is 11.4 Å². The second-order valence-corrected chi connectivity index (χ2v) is 4.93. The molecule has 19 heavy (non-hydrogen) atoms. The summed E-state index contributed by atoms with van der Waals surface area (Å²) in [6, 6.07) is 21.2. The van der Waals surface area contributed by atoms with Crippen molar-refractivity contribution in [3.05, 3.63) is 71.8 Å². The average molecular weight is 247 g/mol. The number of hydrogen-bond acceptors (Lipinski definition) is 1. The predicted molar refractivity (Wildman–Crippen MR) is 83.1 cm³/mol. The number of benzene rings is 3. The van der Waals surface area contributed by atoms with Crippen molar-refractivity contribution in [1.29, 1.82) is 0 Å². The summed E-state index contributed by atoms with van der Waals surface area (Å²) in [6.45, 7) is 4.29. The van der Waals surface area contributed by atoms with Crippen LogP contribution in [0.3, 0.4) is 0 Å². The van der Waals surface area contributed by atoms with Crippen LogP contribution < -0.4 is 5.32 Å². The molecule has 0 atom stereocenters. The first-order valence-electron chi connectivity index (χ1n) is 6.56. The van der Waals surface area contributed by atoms with Crippen molar-refractivity contribution in [3.63, 3.8) is 0 Å². The van der Waals surface area contributed by atoms with Crippen LogP contribution in [0.1, 0.15) is 11.1 Å². The second-order valence-electron chi connectivity index (χ2n) is 4.93. The molecule has 0 unspecified atom stereocenters. The van der Waals surface area contributed by atoms with Gasteiger partial charge < -0.3 is 5.32 Å². The SMILES string of the molecule is Cc1cccc(Nc2ccc3ccccc3c2)c1C. The van der Waals surface area contributed by atoms with E-state index in [1.54, 1.807) is 0 Å². The lowest BCUT2D eigenvalue weighted by Gasteiger charge is -2.12. The van der Waals surface area contributed by atoms with Gasteiger partial charge >= 0.3 is 0 Å². The van der Waals surface area contributed by atoms with Gasteiger partial charge in [-0.2, -0.15) is 0 Å². The molecule has 3 rings (SSSR count). The summed E-state index contributed by atoms with van der Waals surface area (Å²) < 4.78 is 0. The maximum absolute atomic E-state index is 3.51.